The van der Waals surface area contributed by atoms with E-state index in [1.165, 1.54) is 18.2 Å². The Labute approximate surface area is 192 Å². The van der Waals surface area contributed by atoms with Crippen LogP contribution in [-0.2, 0) is 22.6 Å². The summed E-state index contributed by atoms with van der Waals surface area (Å²) in [6.07, 6.45) is -2.05. The van der Waals surface area contributed by atoms with E-state index in [1.54, 1.807) is 18.2 Å². The fourth-order valence-electron chi connectivity index (χ4n) is 4.63. The maximum absolute atomic E-state index is 12.7. The molecule has 10 heteroatoms. The Bertz CT molecular complexity index is 1240. The van der Waals surface area contributed by atoms with Gasteiger partial charge in [-0.25, -0.2) is 4.79 Å². The van der Waals surface area contributed by atoms with Crippen molar-refractivity contribution < 1.29 is 37.3 Å². The quantitative estimate of drug-likeness (QED) is 0.494. The van der Waals surface area contributed by atoms with Crippen molar-refractivity contribution in [1.82, 2.24) is 4.57 Å². The van der Waals surface area contributed by atoms with Gasteiger partial charge in [0.05, 0.1) is 11.4 Å². The van der Waals surface area contributed by atoms with Crippen LogP contribution in [0.1, 0.15) is 42.0 Å². The lowest BCUT2D eigenvalue weighted by Crippen LogP contribution is -2.21. The summed E-state index contributed by atoms with van der Waals surface area (Å²) in [5.41, 5.74) is 8.54. The molecular weight excluding hydrogens is 453 g/mol. The topological polar surface area (TPSA) is 104 Å². The summed E-state index contributed by atoms with van der Waals surface area (Å²) >= 11 is 0. The van der Waals surface area contributed by atoms with Gasteiger partial charge in [-0.2, -0.15) is 0 Å². The number of nitrogens with two attached hydrogens (primary N) is 1. The molecule has 2 aromatic carbocycles. The third kappa shape index (κ3) is 4.95. The van der Waals surface area contributed by atoms with Crippen molar-refractivity contribution >= 4 is 22.8 Å². The summed E-state index contributed by atoms with van der Waals surface area (Å²) in [5, 5.41) is 9.68. The predicted octanol–water partition coefficient (Wildman–Crippen LogP) is 4.35. The van der Waals surface area contributed by atoms with E-state index in [1.807, 2.05) is 10.6 Å². The van der Waals surface area contributed by atoms with E-state index in [0.717, 1.165) is 18.5 Å². The maximum atomic E-state index is 12.7. The number of benzene rings is 2. The molecule has 0 fully saturated rings. The summed E-state index contributed by atoms with van der Waals surface area (Å²) in [6, 6.07) is 10.9. The molecule has 1 amide bonds. The van der Waals surface area contributed by atoms with Crippen LogP contribution in [0.2, 0.25) is 0 Å². The van der Waals surface area contributed by atoms with E-state index >= 15 is 0 Å². The minimum absolute atomic E-state index is 0.217. The smallest absolute Gasteiger partial charge is 0.481 e. The number of ether oxygens (including phenoxy) is 2. The first-order valence-electron chi connectivity index (χ1n) is 10.8. The predicted molar refractivity (Wildman–Crippen MR) is 117 cm³/mol. The summed E-state index contributed by atoms with van der Waals surface area (Å²) in [5.74, 6) is -2.23. The second kappa shape index (κ2) is 9.28. The van der Waals surface area contributed by atoms with Gasteiger partial charge in [-0.05, 0) is 54.7 Å². The number of aromatic nitrogens is 1. The van der Waals surface area contributed by atoms with E-state index in [2.05, 4.69) is 4.74 Å². The Balaban J connectivity index is 1.87. The highest BCUT2D eigenvalue weighted by atomic mass is 19.4. The van der Waals surface area contributed by atoms with Gasteiger partial charge in [-0.15, -0.1) is 13.2 Å². The van der Waals surface area contributed by atoms with Crippen LogP contribution in [0.25, 0.3) is 10.9 Å². The van der Waals surface area contributed by atoms with Gasteiger partial charge in [0, 0.05) is 17.6 Å². The maximum Gasteiger partial charge on any atom is 0.573 e. The van der Waals surface area contributed by atoms with Crippen LogP contribution in [0.4, 0.5) is 13.2 Å². The molecule has 3 N–H and O–H groups in total. The number of hydrogen-bond acceptors (Lipinski definition) is 4. The van der Waals surface area contributed by atoms with Gasteiger partial charge in [0.1, 0.15) is 11.5 Å². The van der Waals surface area contributed by atoms with Gasteiger partial charge >= 0.3 is 12.3 Å². The molecule has 1 unspecified atom stereocenters. The van der Waals surface area contributed by atoms with E-state index in [0.29, 0.717) is 40.6 Å². The van der Waals surface area contributed by atoms with Crippen molar-refractivity contribution in [2.45, 2.75) is 44.5 Å². The Morgan fingerprint density at radius 1 is 1.15 bits per heavy atom. The minimum Gasteiger partial charge on any atom is -0.481 e. The summed E-state index contributed by atoms with van der Waals surface area (Å²) in [6.45, 7) is -0.341. The number of alkyl halides is 3. The lowest BCUT2D eigenvalue weighted by molar-refractivity contribution is -0.274. The molecular formula is C24H23F3N2O5. The zero-order valence-electron chi connectivity index (χ0n) is 18.1. The lowest BCUT2D eigenvalue weighted by Gasteiger charge is -2.14. The molecule has 4 rings (SSSR count). The van der Waals surface area contributed by atoms with Crippen molar-refractivity contribution in [2.24, 2.45) is 5.73 Å². The number of aliphatic carboxylic acids is 1. The number of halogens is 3. The van der Waals surface area contributed by atoms with Crippen LogP contribution in [0.15, 0.2) is 42.5 Å². The van der Waals surface area contributed by atoms with Crippen LogP contribution in [0, 0.1) is 0 Å². The summed E-state index contributed by atoms with van der Waals surface area (Å²) < 4.78 is 49.6. The molecule has 34 heavy (non-hydrogen) atoms. The molecule has 0 spiro atoms. The molecule has 0 aliphatic heterocycles. The molecule has 1 heterocycles. The first kappa shape index (κ1) is 23.5. The van der Waals surface area contributed by atoms with Crippen molar-refractivity contribution in [2.75, 3.05) is 6.61 Å². The van der Waals surface area contributed by atoms with Crippen LogP contribution < -0.4 is 15.2 Å². The SMILES string of the molecule is NC(=O)C1CCCCc2c1c1c(OCC(=O)O)cccc1n2Cc1cccc(OC(F)(F)F)c1. The Morgan fingerprint density at radius 3 is 2.62 bits per heavy atom. The standard InChI is InChI=1S/C24H23F3N2O5/c25-24(26,27)34-15-6-3-5-14(11-15)12-29-17-8-2-1-7-16(23(28)32)21(17)22-18(29)9-4-10-19(22)33-13-20(30)31/h3-6,9-11,16H,1-2,7-8,12-13H2,(H2,28,32)(H,30,31). The third-order valence-corrected chi connectivity index (χ3v) is 5.87. The van der Waals surface area contributed by atoms with E-state index in [9.17, 15) is 22.8 Å². The first-order valence-corrected chi connectivity index (χ1v) is 10.8. The van der Waals surface area contributed by atoms with E-state index in [-0.39, 0.29) is 12.3 Å². The van der Waals surface area contributed by atoms with Crippen LogP contribution in [0.5, 0.6) is 11.5 Å². The van der Waals surface area contributed by atoms with Gasteiger partial charge in [0.15, 0.2) is 6.61 Å². The molecule has 1 aliphatic rings. The van der Waals surface area contributed by atoms with Gasteiger partial charge in [0.2, 0.25) is 5.91 Å². The first-order chi connectivity index (χ1) is 16.1. The number of hydrogen-bond donors (Lipinski definition) is 2. The molecule has 0 radical (unpaired) electrons. The van der Waals surface area contributed by atoms with E-state index in [4.69, 9.17) is 15.6 Å². The third-order valence-electron chi connectivity index (χ3n) is 5.87. The van der Waals surface area contributed by atoms with Crippen LogP contribution in [-0.4, -0.2) is 34.5 Å². The van der Waals surface area contributed by atoms with Crippen molar-refractivity contribution in [3.05, 3.63) is 59.3 Å². The molecule has 1 aromatic heterocycles. The van der Waals surface area contributed by atoms with E-state index < -0.39 is 30.8 Å². The van der Waals surface area contributed by atoms with Gasteiger partial charge in [0.25, 0.3) is 0 Å². The average molecular weight is 476 g/mol. The second-order valence-electron chi connectivity index (χ2n) is 8.18. The molecule has 0 bridgehead atoms. The number of amides is 1. The number of carboxylic acid groups (broad SMARTS) is 1. The zero-order valence-corrected chi connectivity index (χ0v) is 18.1. The molecule has 1 atom stereocenters. The van der Waals surface area contributed by atoms with Crippen molar-refractivity contribution in [3.8, 4) is 11.5 Å². The van der Waals surface area contributed by atoms with Crippen LogP contribution >= 0.6 is 0 Å². The zero-order chi connectivity index (χ0) is 24.5. The van der Waals surface area contributed by atoms with Crippen molar-refractivity contribution in [1.29, 1.82) is 0 Å². The van der Waals surface area contributed by atoms with Gasteiger partial charge in [-0.1, -0.05) is 24.6 Å². The van der Waals surface area contributed by atoms with Gasteiger partial charge in [-0.3, -0.25) is 4.79 Å². The fourth-order valence-corrected chi connectivity index (χ4v) is 4.63. The second-order valence-corrected chi connectivity index (χ2v) is 8.18. The molecule has 0 saturated carbocycles. The minimum atomic E-state index is -4.80. The molecule has 0 saturated heterocycles. The van der Waals surface area contributed by atoms with Crippen LogP contribution in [0.3, 0.4) is 0 Å². The molecule has 1 aliphatic carbocycles. The average Bonchev–Trinajstić information content (AvgIpc) is 2.91. The monoisotopic (exact) mass is 476 g/mol. The summed E-state index contributed by atoms with van der Waals surface area (Å²) in [7, 11) is 0. The normalized spacial score (nSPS) is 16.0. The Kier molecular flexibility index (Phi) is 6.41. The highest BCUT2D eigenvalue weighted by Crippen LogP contribution is 2.42. The number of fused-ring (bicyclic) bond motifs is 3. The number of primary amides is 1. The number of carboxylic acids is 1. The van der Waals surface area contributed by atoms with Crippen molar-refractivity contribution in [3.63, 3.8) is 0 Å². The lowest BCUT2D eigenvalue weighted by atomic mass is 9.92. The Hall–Kier alpha value is -3.69. The molecule has 180 valence electrons. The highest BCUT2D eigenvalue weighted by molar-refractivity contribution is 5.97. The number of rotatable bonds is 7. The number of nitrogens with zero attached hydrogens (tertiary/aromatic N) is 1. The fraction of sp³-hybridized carbons (Fsp3) is 0.333. The summed E-state index contributed by atoms with van der Waals surface area (Å²) in [4.78, 5) is 23.5. The van der Waals surface area contributed by atoms with Gasteiger partial charge < -0.3 is 24.9 Å². The number of carbonyl (C=O) groups excluding carboxylic acids is 1. The molecule has 3 aromatic rings. The number of carbonyl (C=O) groups is 2. The largest absolute Gasteiger partial charge is 0.573 e. The molecule has 7 nitrogen and oxygen atoms in total. The highest BCUT2D eigenvalue weighted by Gasteiger charge is 2.32. The Morgan fingerprint density at radius 2 is 1.91 bits per heavy atom.